The molecule has 1 N–H and O–H groups in total. The van der Waals surface area contributed by atoms with Gasteiger partial charge in [0, 0.05) is 25.2 Å². The lowest BCUT2D eigenvalue weighted by Crippen LogP contribution is -2.30. The Morgan fingerprint density at radius 3 is 2.08 bits per heavy atom. The molecule has 0 heterocycles. The Labute approximate surface area is 156 Å². The van der Waals surface area contributed by atoms with Gasteiger partial charge in [-0.15, -0.1) is 0 Å². The van der Waals surface area contributed by atoms with Crippen LogP contribution < -0.4 is 5.32 Å². The topological polar surface area (TPSA) is 49.4 Å². The van der Waals surface area contributed by atoms with Gasteiger partial charge in [-0.25, -0.2) is 0 Å². The molecule has 0 aliphatic rings. The van der Waals surface area contributed by atoms with E-state index in [0.717, 1.165) is 11.1 Å². The molecule has 0 aliphatic heterocycles. The van der Waals surface area contributed by atoms with Crippen molar-refractivity contribution in [2.24, 2.45) is 0 Å². The monoisotopic (exact) mass is 352 g/mol. The average Bonchev–Trinajstić information content (AvgIpc) is 2.69. The van der Waals surface area contributed by atoms with E-state index in [2.05, 4.69) is 5.32 Å². The van der Waals surface area contributed by atoms with Crippen LogP contribution in [0.5, 0.6) is 0 Å². The Morgan fingerprint density at radius 1 is 0.923 bits per heavy atom. The molecule has 0 aliphatic carbocycles. The van der Waals surface area contributed by atoms with Crippen LogP contribution in [0.4, 0.5) is 0 Å². The van der Waals surface area contributed by atoms with Crippen LogP contribution >= 0.6 is 0 Å². The second-order valence-corrected chi connectivity index (χ2v) is 6.26. The first-order valence-corrected chi connectivity index (χ1v) is 9.31. The van der Waals surface area contributed by atoms with E-state index in [-0.39, 0.29) is 17.7 Å². The molecule has 0 saturated heterocycles. The van der Waals surface area contributed by atoms with Gasteiger partial charge in [0.05, 0.1) is 5.92 Å². The molecule has 4 heteroatoms. The number of carbonyl (C=O) groups excluding carboxylic acids is 2. The van der Waals surface area contributed by atoms with Crippen LogP contribution in [0.2, 0.25) is 0 Å². The lowest BCUT2D eigenvalue weighted by molar-refractivity contribution is -0.122. The van der Waals surface area contributed by atoms with Crippen LogP contribution in [-0.2, 0) is 11.3 Å². The highest BCUT2D eigenvalue weighted by atomic mass is 16.2. The number of nitrogens with zero attached hydrogens (tertiary/aromatic N) is 1. The smallest absolute Gasteiger partial charge is 0.253 e. The van der Waals surface area contributed by atoms with Crippen LogP contribution in [0.15, 0.2) is 54.6 Å². The fraction of sp³-hybridized carbons (Fsp3) is 0.364. The van der Waals surface area contributed by atoms with Gasteiger partial charge in [-0.1, -0.05) is 49.4 Å². The number of rotatable bonds is 8. The van der Waals surface area contributed by atoms with Crippen LogP contribution in [-0.4, -0.2) is 29.8 Å². The minimum Gasteiger partial charge on any atom is -0.351 e. The second kappa shape index (κ2) is 9.76. The highest BCUT2D eigenvalue weighted by Crippen LogP contribution is 2.21. The number of benzene rings is 2. The number of hydrogen-bond acceptors (Lipinski definition) is 2. The molecule has 0 fully saturated rings. The first-order chi connectivity index (χ1) is 12.6. The second-order valence-electron chi connectivity index (χ2n) is 6.26. The summed E-state index contributed by atoms with van der Waals surface area (Å²) >= 11 is 0. The summed E-state index contributed by atoms with van der Waals surface area (Å²) in [4.78, 5) is 26.8. The van der Waals surface area contributed by atoms with Crippen LogP contribution in [0.25, 0.3) is 0 Å². The van der Waals surface area contributed by atoms with Crippen molar-refractivity contribution in [3.05, 3.63) is 71.3 Å². The Bertz CT molecular complexity index is 707. The molecular weight excluding hydrogens is 324 g/mol. The average molecular weight is 352 g/mol. The van der Waals surface area contributed by atoms with Gasteiger partial charge in [0.1, 0.15) is 0 Å². The van der Waals surface area contributed by atoms with Gasteiger partial charge in [-0.2, -0.15) is 0 Å². The summed E-state index contributed by atoms with van der Waals surface area (Å²) in [5, 5.41) is 3.01. The summed E-state index contributed by atoms with van der Waals surface area (Å²) in [5.74, 6) is -0.168. The zero-order valence-electron chi connectivity index (χ0n) is 15.9. The maximum absolute atomic E-state index is 12.6. The molecule has 138 valence electrons. The Morgan fingerprint density at radius 2 is 1.54 bits per heavy atom. The molecule has 0 bridgehead atoms. The standard InChI is InChI=1S/C22H28N2O2/c1-4-20(21(25)23-16-17-10-8-7-9-11-17)18-12-14-19(15-13-18)22(26)24(5-2)6-3/h7-15,20H,4-6,16H2,1-3H3,(H,23,25)/t20-/m1/s1. The van der Waals surface area contributed by atoms with E-state index in [0.29, 0.717) is 31.6 Å². The number of hydrogen-bond donors (Lipinski definition) is 1. The van der Waals surface area contributed by atoms with E-state index >= 15 is 0 Å². The Hall–Kier alpha value is -2.62. The lowest BCUT2D eigenvalue weighted by Gasteiger charge is -2.19. The van der Waals surface area contributed by atoms with E-state index in [9.17, 15) is 9.59 Å². The van der Waals surface area contributed by atoms with E-state index in [1.165, 1.54) is 0 Å². The lowest BCUT2D eigenvalue weighted by atomic mass is 9.94. The van der Waals surface area contributed by atoms with Crippen molar-refractivity contribution in [1.29, 1.82) is 0 Å². The molecule has 2 aromatic rings. The third-order valence-electron chi connectivity index (χ3n) is 4.64. The molecule has 0 radical (unpaired) electrons. The van der Waals surface area contributed by atoms with Crippen molar-refractivity contribution >= 4 is 11.8 Å². The minimum absolute atomic E-state index is 0.0131. The minimum atomic E-state index is -0.212. The van der Waals surface area contributed by atoms with Gasteiger partial charge in [0.15, 0.2) is 0 Å². The molecule has 2 rings (SSSR count). The van der Waals surface area contributed by atoms with E-state index in [1.807, 2.05) is 75.4 Å². The zero-order chi connectivity index (χ0) is 18.9. The van der Waals surface area contributed by atoms with Crippen molar-refractivity contribution < 1.29 is 9.59 Å². The molecule has 0 unspecified atom stereocenters. The van der Waals surface area contributed by atoms with Crippen LogP contribution in [0.1, 0.15) is 54.6 Å². The summed E-state index contributed by atoms with van der Waals surface area (Å²) in [6.07, 6.45) is 0.712. The first-order valence-electron chi connectivity index (χ1n) is 9.31. The number of carbonyl (C=O) groups is 2. The van der Waals surface area contributed by atoms with E-state index in [1.54, 1.807) is 4.90 Å². The molecule has 0 spiro atoms. The SMILES string of the molecule is CC[C@@H](C(=O)NCc1ccccc1)c1ccc(C(=O)N(CC)CC)cc1. The molecule has 4 nitrogen and oxygen atoms in total. The maximum Gasteiger partial charge on any atom is 0.253 e. The molecule has 2 amide bonds. The van der Waals surface area contributed by atoms with Crippen molar-refractivity contribution in [1.82, 2.24) is 10.2 Å². The van der Waals surface area contributed by atoms with Crippen molar-refractivity contribution in [2.45, 2.75) is 39.7 Å². The third kappa shape index (κ3) is 4.94. The number of amides is 2. The van der Waals surface area contributed by atoms with Gasteiger partial charge in [-0.3, -0.25) is 9.59 Å². The van der Waals surface area contributed by atoms with E-state index in [4.69, 9.17) is 0 Å². The Balaban J connectivity index is 2.04. The van der Waals surface area contributed by atoms with Gasteiger partial charge < -0.3 is 10.2 Å². The molecule has 0 saturated carbocycles. The van der Waals surface area contributed by atoms with Crippen LogP contribution in [0.3, 0.4) is 0 Å². The summed E-state index contributed by atoms with van der Waals surface area (Å²) in [5.41, 5.74) is 2.68. The van der Waals surface area contributed by atoms with Crippen molar-refractivity contribution in [2.75, 3.05) is 13.1 Å². The van der Waals surface area contributed by atoms with Gasteiger partial charge in [0.2, 0.25) is 5.91 Å². The Kier molecular flexibility index (Phi) is 7.39. The van der Waals surface area contributed by atoms with Crippen LogP contribution in [0, 0.1) is 0 Å². The summed E-state index contributed by atoms with van der Waals surface area (Å²) in [6.45, 7) is 7.85. The predicted octanol–water partition coefficient (Wildman–Crippen LogP) is 3.98. The van der Waals surface area contributed by atoms with Crippen molar-refractivity contribution in [3.63, 3.8) is 0 Å². The highest BCUT2D eigenvalue weighted by Gasteiger charge is 2.19. The van der Waals surface area contributed by atoms with Gasteiger partial charge >= 0.3 is 0 Å². The molecule has 2 aromatic carbocycles. The fourth-order valence-electron chi connectivity index (χ4n) is 3.03. The third-order valence-corrected chi connectivity index (χ3v) is 4.64. The molecular formula is C22H28N2O2. The predicted molar refractivity (Wildman–Crippen MR) is 105 cm³/mol. The maximum atomic E-state index is 12.6. The fourth-order valence-corrected chi connectivity index (χ4v) is 3.03. The first kappa shape index (κ1) is 19.7. The normalized spacial score (nSPS) is 11.7. The van der Waals surface area contributed by atoms with E-state index < -0.39 is 0 Å². The molecule has 1 atom stereocenters. The quantitative estimate of drug-likeness (QED) is 0.781. The molecule has 0 aromatic heterocycles. The number of nitrogens with one attached hydrogen (secondary N) is 1. The zero-order valence-corrected chi connectivity index (χ0v) is 15.9. The highest BCUT2D eigenvalue weighted by molar-refractivity contribution is 5.94. The van der Waals surface area contributed by atoms with Crippen molar-refractivity contribution in [3.8, 4) is 0 Å². The van der Waals surface area contributed by atoms with Gasteiger partial charge in [0.25, 0.3) is 5.91 Å². The largest absolute Gasteiger partial charge is 0.351 e. The van der Waals surface area contributed by atoms with Gasteiger partial charge in [-0.05, 0) is 43.5 Å². The summed E-state index contributed by atoms with van der Waals surface area (Å²) < 4.78 is 0. The summed E-state index contributed by atoms with van der Waals surface area (Å²) in [6, 6.07) is 17.3. The molecule has 26 heavy (non-hydrogen) atoms. The summed E-state index contributed by atoms with van der Waals surface area (Å²) in [7, 11) is 0.